The number of rotatable bonds is 0. The maximum Gasteiger partial charge on any atom is 0.137 e. The summed E-state index contributed by atoms with van der Waals surface area (Å²) >= 11 is 12.0. The molecule has 3 nitrogen and oxygen atoms in total. The van der Waals surface area contributed by atoms with Crippen molar-refractivity contribution in [3.63, 3.8) is 0 Å². The second kappa shape index (κ2) is 3.27. The van der Waals surface area contributed by atoms with Crippen LogP contribution in [0.15, 0.2) is 30.5 Å². The van der Waals surface area contributed by atoms with Gasteiger partial charge in [0, 0.05) is 6.20 Å². The maximum absolute atomic E-state index is 6.00. The minimum Gasteiger partial charge on any atom is -0.396 e. The highest BCUT2D eigenvalue weighted by atomic mass is 35.5. The summed E-state index contributed by atoms with van der Waals surface area (Å²) in [4.78, 5) is 4.41. The normalized spacial score (nSPS) is 11.4. The van der Waals surface area contributed by atoms with E-state index in [1.54, 1.807) is 6.07 Å². The van der Waals surface area contributed by atoms with E-state index in [4.69, 9.17) is 28.9 Å². The molecule has 5 heteroatoms. The first-order valence-electron chi connectivity index (χ1n) is 4.69. The number of hydrogen-bond acceptors (Lipinski definition) is 2. The summed E-state index contributed by atoms with van der Waals surface area (Å²) < 4.78 is 1.92. The molecule has 0 radical (unpaired) electrons. The summed E-state index contributed by atoms with van der Waals surface area (Å²) in [7, 11) is 0. The number of nitrogens with two attached hydrogens (primary N) is 1. The Kier molecular flexibility index (Phi) is 1.99. The molecular formula is C11H7Cl2N3. The standard InChI is InChI=1S/C11H7Cl2N3/c12-6-5-7-11(10(14)9(6)13)15-8-3-1-2-4-16(7)8/h1-5H,14H2. The first-order valence-corrected chi connectivity index (χ1v) is 5.44. The van der Waals surface area contributed by atoms with E-state index < -0.39 is 0 Å². The van der Waals surface area contributed by atoms with Crippen LogP contribution < -0.4 is 5.73 Å². The van der Waals surface area contributed by atoms with Crippen molar-refractivity contribution in [2.75, 3.05) is 5.73 Å². The SMILES string of the molecule is Nc1c(Cl)c(Cl)cc2c1nc1ccccn12. The van der Waals surface area contributed by atoms with E-state index >= 15 is 0 Å². The summed E-state index contributed by atoms with van der Waals surface area (Å²) in [5, 5.41) is 0.801. The largest absolute Gasteiger partial charge is 0.396 e. The highest BCUT2D eigenvalue weighted by Gasteiger charge is 2.12. The molecule has 0 aliphatic carbocycles. The van der Waals surface area contributed by atoms with Crippen LogP contribution in [-0.2, 0) is 0 Å². The first kappa shape index (κ1) is 9.75. The van der Waals surface area contributed by atoms with Crippen molar-refractivity contribution >= 4 is 45.6 Å². The molecule has 0 fully saturated rings. The molecule has 3 rings (SSSR count). The molecule has 0 aliphatic rings. The van der Waals surface area contributed by atoms with Crippen molar-refractivity contribution < 1.29 is 0 Å². The van der Waals surface area contributed by atoms with Crippen LogP contribution in [0.2, 0.25) is 10.0 Å². The predicted molar refractivity (Wildman–Crippen MR) is 67.1 cm³/mol. The number of nitrogens with zero attached hydrogens (tertiary/aromatic N) is 2. The van der Waals surface area contributed by atoms with Crippen LogP contribution in [0.25, 0.3) is 16.7 Å². The molecule has 80 valence electrons. The van der Waals surface area contributed by atoms with Gasteiger partial charge in [-0.1, -0.05) is 29.3 Å². The molecule has 1 aromatic carbocycles. The highest BCUT2D eigenvalue weighted by Crippen LogP contribution is 2.35. The van der Waals surface area contributed by atoms with Gasteiger partial charge in [-0.25, -0.2) is 4.98 Å². The average molecular weight is 252 g/mol. The minimum absolute atomic E-state index is 0.359. The second-order valence-electron chi connectivity index (χ2n) is 3.49. The number of hydrogen-bond donors (Lipinski definition) is 1. The fourth-order valence-electron chi connectivity index (χ4n) is 1.77. The Morgan fingerprint density at radius 2 is 2.06 bits per heavy atom. The van der Waals surface area contributed by atoms with Gasteiger partial charge >= 0.3 is 0 Å². The van der Waals surface area contributed by atoms with Crippen LogP contribution in [0, 0.1) is 0 Å². The minimum atomic E-state index is 0.359. The lowest BCUT2D eigenvalue weighted by molar-refractivity contribution is 1.23. The van der Waals surface area contributed by atoms with Crippen LogP contribution in [0.4, 0.5) is 5.69 Å². The molecule has 16 heavy (non-hydrogen) atoms. The summed E-state index contributed by atoms with van der Waals surface area (Å²) in [6.45, 7) is 0. The Morgan fingerprint density at radius 3 is 2.88 bits per heavy atom. The first-order chi connectivity index (χ1) is 7.68. The van der Waals surface area contributed by atoms with E-state index in [9.17, 15) is 0 Å². The summed E-state index contributed by atoms with van der Waals surface area (Å²) in [5.74, 6) is 0. The van der Waals surface area contributed by atoms with E-state index in [2.05, 4.69) is 4.98 Å². The molecule has 0 spiro atoms. The van der Waals surface area contributed by atoms with E-state index in [-0.39, 0.29) is 0 Å². The molecule has 0 aliphatic heterocycles. The Morgan fingerprint density at radius 1 is 1.25 bits per heavy atom. The number of benzene rings is 1. The molecular weight excluding hydrogens is 245 g/mol. The van der Waals surface area contributed by atoms with Gasteiger partial charge in [-0.2, -0.15) is 0 Å². The summed E-state index contributed by atoms with van der Waals surface area (Å²) in [6, 6.07) is 7.52. The lowest BCUT2D eigenvalue weighted by atomic mass is 10.2. The highest BCUT2D eigenvalue weighted by molar-refractivity contribution is 6.44. The molecule has 0 amide bonds. The quantitative estimate of drug-likeness (QED) is 0.623. The number of fused-ring (bicyclic) bond motifs is 3. The zero-order chi connectivity index (χ0) is 11.3. The lowest BCUT2D eigenvalue weighted by Crippen LogP contribution is -1.89. The van der Waals surface area contributed by atoms with Gasteiger partial charge in [0.05, 0.1) is 21.2 Å². The molecule has 0 bridgehead atoms. The van der Waals surface area contributed by atoms with Gasteiger partial charge < -0.3 is 5.73 Å². The maximum atomic E-state index is 6.00. The van der Waals surface area contributed by atoms with Gasteiger partial charge in [-0.3, -0.25) is 4.40 Å². The van der Waals surface area contributed by atoms with E-state index in [1.807, 2.05) is 28.8 Å². The Hall–Kier alpha value is -1.45. The molecule has 2 heterocycles. The fourth-order valence-corrected chi connectivity index (χ4v) is 2.12. The number of imidazole rings is 1. The van der Waals surface area contributed by atoms with Gasteiger partial charge in [-0.15, -0.1) is 0 Å². The third kappa shape index (κ3) is 1.19. The van der Waals surface area contributed by atoms with Crippen LogP contribution in [0.3, 0.4) is 0 Å². The van der Waals surface area contributed by atoms with Crippen molar-refractivity contribution in [2.45, 2.75) is 0 Å². The lowest BCUT2D eigenvalue weighted by Gasteiger charge is -2.01. The fraction of sp³-hybridized carbons (Fsp3) is 0. The molecule has 2 aromatic heterocycles. The topological polar surface area (TPSA) is 43.3 Å². The van der Waals surface area contributed by atoms with Gasteiger partial charge in [-0.05, 0) is 18.2 Å². The van der Waals surface area contributed by atoms with Gasteiger partial charge in [0.1, 0.15) is 11.2 Å². The van der Waals surface area contributed by atoms with Crippen LogP contribution in [0.5, 0.6) is 0 Å². The number of nitrogen functional groups attached to an aromatic ring is 1. The van der Waals surface area contributed by atoms with Crippen molar-refractivity contribution in [3.8, 4) is 0 Å². The van der Waals surface area contributed by atoms with Crippen LogP contribution in [0.1, 0.15) is 0 Å². The second-order valence-corrected chi connectivity index (χ2v) is 4.28. The van der Waals surface area contributed by atoms with Gasteiger partial charge in [0.15, 0.2) is 0 Å². The monoisotopic (exact) mass is 251 g/mol. The van der Waals surface area contributed by atoms with Crippen molar-refractivity contribution in [2.24, 2.45) is 0 Å². The average Bonchev–Trinajstić information content (AvgIpc) is 2.65. The van der Waals surface area contributed by atoms with Gasteiger partial charge in [0.2, 0.25) is 0 Å². The molecule has 0 atom stereocenters. The third-order valence-electron chi connectivity index (χ3n) is 2.53. The molecule has 3 aromatic rings. The van der Waals surface area contributed by atoms with Crippen LogP contribution in [-0.4, -0.2) is 9.38 Å². The zero-order valence-corrected chi connectivity index (χ0v) is 9.63. The molecule has 0 unspecified atom stereocenters. The van der Waals surface area contributed by atoms with Crippen molar-refractivity contribution in [1.29, 1.82) is 0 Å². The summed E-state index contributed by atoms with van der Waals surface area (Å²) in [5.41, 5.74) is 8.68. The Balaban J connectivity index is 2.60. The zero-order valence-electron chi connectivity index (χ0n) is 8.11. The molecule has 0 saturated heterocycles. The molecule has 0 saturated carbocycles. The predicted octanol–water partition coefficient (Wildman–Crippen LogP) is 3.38. The smallest absolute Gasteiger partial charge is 0.137 e. The number of pyridine rings is 1. The third-order valence-corrected chi connectivity index (χ3v) is 3.33. The van der Waals surface area contributed by atoms with Crippen LogP contribution >= 0.6 is 23.2 Å². The van der Waals surface area contributed by atoms with E-state index in [0.717, 1.165) is 11.2 Å². The number of anilines is 1. The van der Waals surface area contributed by atoms with Crippen molar-refractivity contribution in [3.05, 3.63) is 40.5 Å². The Bertz CT molecular complexity index is 703. The van der Waals surface area contributed by atoms with E-state index in [1.165, 1.54) is 0 Å². The van der Waals surface area contributed by atoms with Crippen molar-refractivity contribution in [1.82, 2.24) is 9.38 Å². The van der Waals surface area contributed by atoms with Gasteiger partial charge in [0.25, 0.3) is 0 Å². The number of aromatic nitrogens is 2. The summed E-state index contributed by atoms with van der Waals surface area (Å²) in [6.07, 6.45) is 1.91. The number of halogens is 2. The van der Waals surface area contributed by atoms with E-state index in [0.29, 0.717) is 21.2 Å². The molecule has 2 N–H and O–H groups in total. The Labute approximate surface area is 101 Å².